The van der Waals surface area contributed by atoms with Crippen LogP contribution in [0.3, 0.4) is 0 Å². The fraction of sp³-hybridized carbons (Fsp3) is 0.321. The molecule has 6 rings (SSSR count). The summed E-state index contributed by atoms with van der Waals surface area (Å²) in [6, 6.07) is 18.8. The minimum atomic E-state index is -0.473. The zero-order valence-electron chi connectivity index (χ0n) is 19.5. The third-order valence-electron chi connectivity index (χ3n) is 7.56. The van der Waals surface area contributed by atoms with Crippen molar-refractivity contribution in [2.75, 3.05) is 7.11 Å². The first kappa shape index (κ1) is 22.5. The highest BCUT2D eigenvalue weighted by molar-refractivity contribution is 7.09. The summed E-state index contributed by atoms with van der Waals surface area (Å²) < 4.78 is 20.5. The number of nitrogens with zero attached hydrogens (tertiary/aromatic N) is 1. The van der Waals surface area contributed by atoms with E-state index in [9.17, 15) is 4.79 Å². The third kappa shape index (κ3) is 3.97. The number of ether oxygens (including phenoxy) is 1. The summed E-state index contributed by atoms with van der Waals surface area (Å²) in [4.78, 5) is 20.3. The highest BCUT2D eigenvalue weighted by Crippen LogP contribution is 2.49. The number of hydrogen-bond acceptors (Lipinski definition) is 5. The second-order valence-electron chi connectivity index (χ2n) is 9.43. The molecule has 35 heavy (non-hydrogen) atoms. The number of rotatable bonds is 5. The lowest BCUT2D eigenvalue weighted by Crippen LogP contribution is -2.55. The molecule has 0 saturated carbocycles. The molecule has 2 aromatic heterocycles. The van der Waals surface area contributed by atoms with E-state index >= 15 is 4.39 Å². The molecule has 1 saturated heterocycles. The Morgan fingerprint density at radius 1 is 1.11 bits per heavy atom. The SMILES string of the molecule is COC(=O)C1Cc2c([nH]c3ccccc23)C2CC(NCc3cccs3)CC(c3ccccc3F)N12. The Labute approximate surface area is 207 Å². The Bertz CT molecular complexity index is 1350. The molecule has 2 aliphatic heterocycles. The maximum Gasteiger partial charge on any atom is 0.323 e. The average molecular weight is 490 g/mol. The molecule has 0 amide bonds. The Morgan fingerprint density at radius 2 is 1.91 bits per heavy atom. The molecular weight excluding hydrogens is 461 g/mol. The smallest absolute Gasteiger partial charge is 0.323 e. The van der Waals surface area contributed by atoms with Crippen LogP contribution in [-0.4, -0.2) is 35.0 Å². The minimum absolute atomic E-state index is 0.0607. The first-order valence-corrected chi connectivity index (χ1v) is 13.0. The molecule has 0 radical (unpaired) electrons. The summed E-state index contributed by atoms with van der Waals surface area (Å²) in [5, 5.41) is 6.96. The van der Waals surface area contributed by atoms with Crippen LogP contribution in [0.5, 0.6) is 0 Å². The third-order valence-corrected chi connectivity index (χ3v) is 8.43. The number of methoxy groups -OCH3 is 1. The number of aromatic amines is 1. The standard InChI is InChI=1S/C28H28FN3O2S/c1-34-28(33)26-15-21-19-8-3-5-11-23(19)31-27(21)25-14-17(30-16-18-7-6-12-35-18)13-24(32(25)26)20-9-2-4-10-22(20)29/h2-12,17,24-26,30-31H,13-16H2,1H3. The van der Waals surface area contributed by atoms with E-state index in [2.05, 4.69) is 44.8 Å². The van der Waals surface area contributed by atoms with Gasteiger partial charge >= 0.3 is 5.97 Å². The molecule has 0 aliphatic carbocycles. The zero-order valence-corrected chi connectivity index (χ0v) is 20.4. The molecule has 4 heterocycles. The summed E-state index contributed by atoms with van der Waals surface area (Å²) >= 11 is 1.73. The Kier molecular flexibility index (Phi) is 5.92. The van der Waals surface area contributed by atoms with Crippen LogP contribution < -0.4 is 5.32 Å². The number of piperidine rings is 1. The molecule has 0 spiro atoms. The number of halogens is 1. The van der Waals surface area contributed by atoms with Crippen LogP contribution in [0.4, 0.5) is 4.39 Å². The van der Waals surface area contributed by atoms with E-state index in [-0.39, 0.29) is 29.9 Å². The van der Waals surface area contributed by atoms with Crippen molar-refractivity contribution in [3.8, 4) is 0 Å². The van der Waals surface area contributed by atoms with E-state index in [1.807, 2.05) is 24.3 Å². The Balaban J connectivity index is 1.46. The first-order valence-electron chi connectivity index (χ1n) is 12.1. The van der Waals surface area contributed by atoms with Crippen LogP contribution in [0, 0.1) is 5.82 Å². The van der Waals surface area contributed by atoms with Gasteiger partial charge in [0.05, 0.1) is 13.2 Å². The van der Waals surface area contributed by atoms with Gasteiger partial charge in [-0.25, -0.2) is 4.39 Å². The first-order chi connectivity index (χ1) is 17.1. The monoisotopic (exact) mass is 489 g/mol. The van der Waals surface area contributed by atoms with Gasteiger partial charge in [-0.05, 0) is 42.0 Å². The van der Waals surface area contributed by atoms with Crippen LogP contribution in [0.1, 0.15) is 46.6 Å². The summed E-state index contributed by atoms with van der Waals surface area (Å²) in [6.45, 7) is 0.777. The largest absolute Gasteiger partial charge is 0.468 e. The normalized spacial score (nSPS) is 24.2. The quantitative estimate of drug-likeness (QED) is 0.364. The van der Waals surface area contributed by atoms with E-state index in [0.29, 0.717) is 18.4 Å². The van der Waals surface area contributed by atoms with Gasteiger partial charge < -0.3 is 15.0 Å². The van der Waals surface area contributed by atoms with Crippen molar-refractivity contribution in [2.24, 2.45) is 0 Å². The lowest BCUT2D eigenvalue weighted by Gasteiger charge is -2.50. The van der Waals surface area contributed by atoms with Crippen LogP contribution in [-0.2, 0) is 22.5 Å². The van der Waals surface area contributed by atoms with Crippen LogP contribution in [0.25, 0.3) is 10.9 Å². The summed E-state index contributed by atoms with van der Waals surface area (Å²) in [5.41, 5.74) is 4.01. The van der Waals surface area contributed by atoms with Crippen LogP contribution in [0.15, 0.2) is 66.0 Å². The van der Waals surface area contributed by atoms with Crippen molar-refractivity contribution in [1.29, 1.82) is 0 Å². The second kappa shape index (κ2) is 9.22. The molecule has 180 valence electrons. The van der Waals surface area contributed by atoms with Crippen molar-refractivity contribution in [3.05, 3.63) is 93.6 Å². The van der Waals surface area contributed by atoms with Crippen molar-refractivity contribution in [1.82, 2.24) is 15.2 Å². The highest BCUT2D eigenvalue weighted by atomic mass is 32.1. The van der Waals surface area contributed by atoms with Gasteiger partial charge in [0.1, 0.15) is 11.9 Å². The number of fused-ring (bicyclic) bond motifs is 5. The number of esters is 1. The maximum atomic E-state index is 15.2. The van der Waals surface area contributed by atoms with Crippen LogP contribution >= 0.6 is 11.3 Å². The number of benzene rings is 2. The number of hydrogen-bond donors (Lipinski definition) is 2. The number of thiophene rings is 1. The number of carbonyl (C=O) groups excluding carboxylic acids is 1. The summed E-state index contributed by atoms with van der Waals surface area (Å²) in [6.07, 6.45) is 2.08. The number of H-pyrrole nitrogens is 1. The van der Waals surface area contributed by atoms with Gasteiger partial charge in [-0.3, -0.25) is 9.69 Å². The fourth-order valence-corrected chi connectivity index (χ4v) is 6.68. The van der Waals surface area contributed by atoms with Gasteiger partial charge in [-0.1, -0.05) is 42.5 Å². The molecule has 2 aliphatic rings. The molecule has 5 nitrogen and oxygen atoms in total. The van der Waals surface area contributed by atoms with Gasteiger partial charge in [0.15, 0.2) is 0 Å². The predicted molar refractivity (Wildman–Crippen MR) is 136 cm³/mol. The number of aromatic nitrogens is 1. The van der Waals surface area contributed by atoms with Crippen molar-refractivity contribution in [3.63, 3.8) is 0 Å². The van der Waals surface area contributed by atoms with Gasteiger partial charge in [0.25, 0.3) is 0 Å². The second-order valence-corrected chi connectivity index (χ2v) is 10.5. The lowest BCUT2D eigenvalue weighted by molar-refractivity contribution is -0.152. The van der Waals surface area contributed by atoms with E-state index in [0.717, 1.165) is 29.6 Å². The molecular formula is C28H28FN3O2S. The van der Waals surface area contributed by atoms with Crippen LogP contribution in [0.2, 0.25) is 0 Å². The predicted octanol–water partition coefficient (Wildman–Crippen LogP) is 5.50. The molecule has 0 bridgehead atoms. The fourth-order valence-electron chi connectivity index (χ4n) is 6.02. The molecule has 7 heteroatoms. The summed E-state index contributed by atoms with van der Waals surface area (Å²) in [7, 11) is 1.44. The Hall–Kier alpha value is -3.00. The molecule has 1 fully saturated rings. The highest BCUT2D eigenvalue weighted by Gasteiger charge is 2.48. The minimum Gasteiger partial charge on any atom is -0.468 e. The maximum absolute atomic E-state index is 15.2. The molecule has 2 aromatic carbocycles. The van der Waals surface area contributed by atoms with Crippen molar-refractivity contribution >= 4 is 28.2 Å². The number of carbonyl (C=O) groups is 1. The van der Waals surface area contributed by atoms with Crippen molar-refractivity contribution in [2.45, 2.75) is 50.0 Å². The van der Waals surface area contributed by atoms with E-state index < -0.39 is 6.04 Å². The zero-order chi connectivity index (χ0) is 23.9. The Morgan fingerprint density at radius 3 is 2.71 bits per heavy atom. The average Bonchev–Trinajstić information content (AvgIpc) is 3.54. The molecule has 4 aromatic rings. The van der Waals surface area contributed by atoms with Crippen molar-refractivity contribution < 1.29 is 13.9 Å². The van der Waals surface area contributed by atoms with Gasteiger partial charge in [-0.2, -0.15) is 0 Å². The molecule has 4 atom stereocenters. The van der Waals surface area contributed by atoms with E-state index in [4.69, 9.17) is 4.74 Å². The molecule has 4 unspecified atom stereocenters. The lowest BCUT2D eigenvalue weighted by atomic mass is 9.79. The number of nitrogens with one attached hydrogen (secondary N) is 2. The van der Waals surface area contributed by atoms with Gasteiger partial charge in [0.2, 0.25) is 0 Å². The summed E-state index contributed by atoms with van der Waals surface area (Å²) in [5.74, 6) is -0.501. The number of para-hydroxylation sites is 1. The van der Waals surface area contributed by atoms with Gasteiger partial charge in [-0.15, -0.1) is 11.3 Å². The van der Waals surface area contributed by atoms with E-state index in [1.165, 1.54) is 23.6 Å². The van der Waals surface area contributed by atoms with E-state index in [1.54, 1.807) is 17.4 Å². The van der Waals surface area contributed by atoms with Gasteiger partial charge in [0, 0.05) is 52.1 Å². The molecule has 2 N–H and O–H groups in total. The topological polar surface area (TPSA) is 57.4 Å².